The molecule has 11 heteroatoms. The highest BCUT2D eigenvalue weighted by Crippen LogP contribution is 2.40. The number of allylic oxidation sites excluding steroid dienone is 4. The number of Topliss-reactive ketones (excluding diaryl/α,β-unsaturated/α-hetero) is 2. The Morgan fingerprint density at radius 3 is 2.23 bits per heavy atom. The number of ether oxygens (including phenoxy) is 5. The number of ketones is 2. The minimum Gasteiger partial charge on any atom is -0.456 e. The molecule has 2 saturated heterocycles. The molecule has 3 aliphatic heterocycles. The lowest BCUT2D eigenvalue weighted by atomic mass is 9.77. The Hall–Kier alpha value is -2.70. The molecule has 3 heterocycles. The van der Waals surface area contributed by atoms with E-state index in [1.807, 2.05) is 27.7 Å². The molecule has 1 N–H and O–H groups in total. The van der Waals surface area contributed by atoms with Crippen LogP contribution >= 0.6 is 0 Å². The van der Waals surface area contributed by atoms with E-state index >= 15 is 0 Å². The smallest absolute Gasteiger partial charge is 0.329 e. The summed E-state index contributed by atoms with van der Waals surface area (Å²) >= 11 is 0. The fourth-order valence-electron chi connectivity index (χ4n) is 9.88. The van der Waals surface area contributed by atoms with Crippen molar-refractivity contribution < 1.29 is 48.0 Å². The Bertz CT molecular complexity index is 1470. The lowest BCUT2D eigenvalue weighted by Crippen LogP contribution is -2.64. The van der Waals surface area contributed by atoms with Crippen LogP contribution in [-0.2, 0) is 42.9 Å². The second kappa shape index (κ2) is 21.0. The van der Waals surface area contributed by atoms with Gasteiger partial charge in [-0.2, -0.15) is 0 Å². The summed E-state index contributed by atoms with van der Waals surface area (Å²) in [6, 6.07) is -1.03. The predicted molar refractivity (Wildman–Crippen MR) is 219 cm³/mol. The maximum atomic E-state index is 14.4. The van der Waals surface area contributed by atoms with Crippen LogP contribution in [0.1, 0.15) is 119 Å². The van der Waals surface area contributed by atoms with Gasteiger partial charge in [0.1, 0.15) is 24.0 Å². The number of methoxy groups -OCH3 is 3. The van der Waals surface area contributed by atoms with Crippen LogP contribution < -0.4 is 0 Å². The number of carbonyl (C=O) groups excluding carboxylic acids is 4. The van der Waals surface area contributed by atoms with Crippen LogP contribution in [0.15, 0.2) is 36.0 Å². The molecule has 4 aliphatic rings. The van der Waals surface area contributed by atoms with Gasteiger partial charge in [0.05, 0.1) is 18.3 Å². The monoisotopic (exact) mass is 800 g/mol. The quantitative estimate of drug-likeness (QED) is 0.160. The van der Waals surface area contributed by atoms with Gasteiger partial charge >= 0.3 is 5.97 Å². The molecule has 0 aromatic carbocycles. The Kier molecular flexibility index (Phi) is 17.3. The SMILES string of the molecule is C=CC[C@@H]1/C=C(\C)C[C@H](C)C[C@H](OC)[C@H]2O[C@@](O)(C(=O)C(=O)N3CCCC[C@H]3C(=O)O[C@H](/C(C)=C/[C@@H]3CC[C@@H](C)[C@H](OC)C3)[C@H](C)[C@@H](C)CC1=O)[C@H](C)C[C@@H]2OC. The van der Waals surface area contributed by atoms with Crippen molar-refractivity contribution >= 4 is 23.4 Å². The average molecular weight is 800 g/mol. The highest BCUT2D eigenvalue weighted by atomic mass is 16.7. The number of hydrogen-bond acceptors (Lipinski definition) is 10. The van der Waals surface area contributed by atoms with Crippen molar-refractivity contribution in [1.29, 1.82) is 0 Å². The molecule has 3 fully saturated rings. The number of rotatable bonds is 7. The molecule has 1 amide bonds. The first-order valence-corrected chi connectivity index (χ1v) is 21.5. The van der Waals surface area contributed by atoms with Gasteiger partial charge < -0.3 is 33.7 Å². The summed E-state index contributed by atoms with van der Waals surface area (Å²) in [5, 5.41) is 12.1. The molecule has 0 unspecified atom stereocenters. The fourth-order valence-corrected chi connectivity index (χ4v) is 9.88. The van der Waals surface area contributed by atoms with E-state index in [1.165, 1.54) is 4.90 Å². The summed E-state index contributed by atoms with van der Waals surface area (Å²) in [5.74, 6) is -5.82. The van der Waals surface area contributed by atoms with Crippen LogP contribution in [0.2, 0.25) is 0 Å². The first-order valence-electron chi connectivity index (χ1n) is 21.5. The molecule has 322 valence electrons. The summed E-state index contributed by atoms with van der Waals surface area (Å²) in [6.45, 7) is 18.2. The standard InChI is InChI=1S/C46H73NO10/c1-12-15-35-21-27(2)20-28(3)22-39(54-10)42-40(55-11)25-32(7)46(52,57-42)43(49)44(50)47-19-14-13-16-36(47)45(51)56-41(33(8)30(5)24-37(35)48)31(6)23-34-18-17-29(4)38(26-34)53-9/h12,21,23,28-30,32-36,38-42,52H,1,13-20,22,24-26H2,2-11H3/b27-21+,31-23+/t28-,29+,30-,32+,33+,34-,35+,36-,38+,39-,40-,41+,42+,46+/m0/s1. The number of nitrogens with zero attached hydrogens (tertiary/aromatic N) is 1. The van der Waals surface area contributed by atoms with E-state index in [0.29, 0.717) is 44.4 Å². The Morgan fingerprint density at radius 1 is 0.912 bits per heavy atom. The van der Waals surface area contributed by atoms with Crippen LogP contribution in [-0.4, -0.2) is 104 Å². The van der Waals surface area contributed by atoms with E-state index < -0.39 is 59.8 Å². The predicted octanol–water partition coefficient (Wildman–Crippen LogP) is 7.19. The minimum atomic E-state index is -2.46. The van der Waals surface area contributed by atoms with Gasteiger partial charge in [0.15, 0.2) is 0 Å². The van der Waals surface area contributed by atoms with E-state index in [9.17, 15) is 24.3 Å². The maximum Gasteiger partial charge on any atom is 0.329 e. The number of fused-ring (bicyclic) bond motifs is 3. The zero-order chi connectivity index (χ0) is 42.2. The second-order valence-electron chi connectivity index (χ2n) is 18.1. The van der Waals surface area contributed by atoms with E-state index in [2.05, 4.69) is 32.6 Å². The molecule has 4 rings (SSSR count). The third-order valence-electron chi connectivity index (χ3n) is 13.6. The normalized spacial score (nSPS) is 41.0. The third-order valence-corrected chi connectivity index (χ3v) is 13.6. The van der Waals surface area contributed by atoms with Crippen molar-refractivity contribution in [3.63, 3.8) is 0 Å². The lowest BCUT2D eigenvalue weighted by Gasteiger charge is -2.47. The van der Waals surface area contributed by atoms with Gasteiger partial charge in [0.2, 0.25) is 5.79 Å². The number of aliphatic hydroxyl groups is 1. The molecular formula is C46H73NO10. The Balaban J connectivity index is 1.78. The zero-order valence-corrected chi connectivity index (χ0v) is 36.5. The summed E-state index contributed by atoms with van der Waals surface area (Å²) in [5.41, 5.74) is 1.95. The maximum absolute atomic E-state index is 14.4. The van der Waals surface area contributed by atoms with Crippen molar-refractivity contribution in [1.82, 2.24) is 4.90 Å². The van der Waals surface area contributed by atoms with Gasteiger partial charge in [-0.25, -0.2) is 4.79 Å². The Morgan fingerprint density at radius 2 is 1.58 bits per heavy atom. The van der Waals surface area contributed by atoms with Crippen molar-refractivity contribution in [3.8, 4) is 0 Å². The molecule has 1 aliphatic carbocycles. The number of piperidine rings is 1. The molecule has 0 aromatic heterocycles. The fraction of sp³-hybridized carbons (Fsp3) is 0.783. The van der Waals surface area contributed by atoms with Gasteiger partial charge in [-0.15, -0.1) is 6.58 Å². The number of esters is 1. The van der Waals surface area contributed by atoms with Gasteiger partial charge in [0, 0.05) is 52.0 Å². The largest absolute Gasteiger partial charge is 0.456 e. The number of carbonyl (C=O) groups is 4. The first-order chi connectivity index (χ1) is 27.0. The van der Waals surface area contributed by atoms with Gasteiger partial charge in [-0.1, -0.05) is 58.4 Å². The van der Waals surface area contributed by atoms with E-state index in [4.69, 9.17) is 23.7 Å². The van der Waals surface area contributed by atoms with Gasteiger partial charge in [0.25, 0.3) is 11.7 Å². The molecule has 11 nitrogen and oxygen atoms in total. The van der Waals surface area contributed by atoms with E-state index in [-0.39, 0.29) is 60.9 Å². The first kappa shape index (κ1) is 47.0. The number of amides is 1. The Labute approximate surface area is 342 Å². The van der Waals surface area contributed by atoms with Crippen molar-refractivity contribution in [3.05, 3.63) is 36.0 Å². The molecule has 2 bridgehead atoms. The van der Waals surface area contributed by atoms with Crippen LogP contribution in [0.5, 0.6) is 0 Å². The summed E-state index contributed by atoms with van der Waals surface area (Å²) in [4.78, 5) is 58.3. The lowest BCUT2D eigenvalue weighted by molar-refractivity contribution is -0.302. The summed E-state index contributed by atoms with van der Waals surface area (Å²) in [6.07, 6.45) is 10.2. The minimum absolute atomic E-state index is 0.0731. The molecule has 0 spiro atoms. The summed E-state index contributed by atoms with van der Waals surface area (Å²) in [7, 11) is 4.87. The van der Waals surface area contributed by atoms with Crippen LogP contribution in [0.25, 0.3) is 0 Å². The third kappa shape index (κ3) is 11.3. The van der Waals surface area contributed by atoms with Crippen molar-refractivity contribution in [2.24, 2.45) is 41.4 Å². The molecule has 0 aromatic rings. The number of hydrogen-bond donors (Lipinski definition) is 1. The average Bonchev–Trinajstić information content (AvgIpc) is 3.18. The van der Waals surface area contributed by atoms with E-state index in [0.717, 1.165) is 30.4 Å². The van der Waals surface area contributed by atoms with Crippen LogP contribution in [0, 0.1) is 41.4 Å². The van der Waals surface area contributed by atoms with E-state index in [1.54, 1.807) is 34.3 Å². The zero-order valence-electron chi connectivity index (χ0n) is 36.5. The molecular weight excluding hydrogens is 727 g/mol. The molecule has 1 saturated carbocycles. The highest BCUT2D eigenvalue weighted by Gasteiger charge is 2.56. The van der Waals surface area contributed by atoms with Crippen molar-refractivity contribution in [2.45, 2.75) is 161 Å². The highest BCUT2D eigenvalue weighted by molar-refractivity contribution is 6.39. The topological polar surface area (TPSA) is 138 Å². The molecule has 0 radical (unpaired) electrons. The number of cyclic esters (lactones) is 1. The molecule has 14 atom stereocenters. The molecule has 57 heavy (non-hydrogen) atoms. The van der Waals surface area contributed by atoms with Crippen molar-refractivity contribution in [2.75, 3.05) is 27.9 Å². The van der Waals surface area contributed by atoms with Gasteiger partial charge in [-0.05, 0) is 107 Å². The summed E-state index contributed by atoms with van der Waals surface area (Å²) < 4.78 is 30.4. The second-order valence-corrected chi connectivity index (χ2v) is 18.1. The van der Waals surface area contributed by atoms with Gasteiger partial charge in [-0.3, -0.25) is 14.4 Å². The van der Waals surface area contributed by atoms with Crippen LogP contribution in [0.4, 0.5) is 0 Å². The van der Waals surface area contributed by atoms with Crippen LogP contribution in [0.3, 0.4) is 0 Å².